The Balaban J connectivity index is 2.47. The highest BCUT2D eigenvalue weighted by atomic mass is 16.6. The van der Waals surface area contributed by atoms with Gasteiger partial charge in [0, 0.05) is 12.1 Å². The van der Waals surface area contributed by atoms with E-state index in [0.717, 1.165) is 25.3 Å². The zero-order valence-electron chi connectivity index (χ0n) is 14.8. The molecule has 3 N–H and O–H groups in total. The van der Waals surface area contributed by atoms with Gasteiger partial charge in [0.15, 0.2) is 6.61 Å². The molecule has 0 radical (unpaired) electrons. The highest BCUT2D eigenvalue weighted by molar-refractivity contribution is 5.92. The minimum Gasteiger partial charge on any atom is -0.452 e. The fourth-order valence-electron chi connectivity index (χ4n) is 2.26. The number of anilines is 1. The molecule has 0 aromatic heterocycles. The van der Waals surface area contributed by atoms with Gasteiger partial charge in [0.25, 0.3) is 11.6 Å². The summed E-state index contributed by atoms with van der Waals surface area (Å²) in [7, 11) is 0. The van der Waals surface area contributed by atoms with Crippen LogP contribution in [0.4, 0.5) is 11.4 Å². The number of ether oxygens (including phenoxy) is 1. The minimum absolute atomic E-state index is 0.0115. The Kier molecular flexibility index (Phi) is 7.84. The largest absolute Gasteiger partial charge is 0.452 e. The summed E-state index contributed by atoms with van der Waals surface area (Å²) in [6.07, 6.45) is 2.95. The van der Waals surface area contributed by atoms with Crippen LogP contribution in [0.1, 0.15) is 50.4 Å². The molecule has 0 spiro atoms. The van der Waals surface area contributed by atoms with Crippen LogP contribution in [0, 0.1) is 16.0 Å². The number of nitro benzene ring substituents is 1. The zero-order valence-corrected chi connectivity index (χ0v) is 14.8. The average Bonchev–Trinajstić information content (AvgIpc) is 2.52. The SMILES string of the molecule is CC(C)CCC[C@@H](C)NC(=O)COC(=O)c1ccc(N)c([N+](=O)[O-])c1. The first-order valence-electron chi connectivity index (χ1n) is 8.21. The number of nitrogens with one attached hydrogen (secondary N) is 1. The number of rotatable bonds is 9. The predicted octanol–water partition coefficient (Wildman–Crippen LogP) is 2.66. The second-order valence-electron chi connectivity index (χ2n) is 6.40. The summed E-state index contributed by atoms with van der Waals surface area (Å²) >= 11 is 0. The number of esters is 1. The number of hydrogen-bond donors (Lipinski definition) is 2. The van der Waals surface area contributed by atoms with Crippen molar-refractivity contribution in [3.05, 3.63) is 33.9 Å². The fourth-order valence-corrected chi connectivity index (χ4v) is 2.26. The molecule has 0 saturated heterocycles. The summed E-state index contributed by atoms with van der Waals surface area (Å²) in [5, 5.41) is 13.6. The maximum absolute atomic E-state index is 11.9. The average molecular weight is 351 g/mol. The Hall–Kier alpha value is -2.64. The zero-order chi connectivity index (χ0) is 19.0. The maximum atomic E-state index is 11.9. The van der Waals surface area contributed by atoms with Crippen molar-refractivity contribution in [3.8, 4) is 0 Å². The summed E-state index contributed by atoms with van der Waals surface area (Å²) in [6, 6.07) is 3.59. The van der Waals surface area contributed by atoms with Crippen LogP contribution < -0.4 is 11.1 Å². The number of amides is 1. The van der Waals surface area contributed by atoms with Crippen LogP contribution in [-0.4, -0.2) is 29.4 Å². The molecular weight excluding hydrogens is 326 g/mol. The smallest absolute Gasteiger partial charge is 0.338 e. The van der Waals surface area contributed by atoms with Crippen LogP contribution in [0.3, 0.4) is 0 Å². The van der Waals surface area contributed by atoms with Crippen molar-refractivity contribution < 1.29 is 19.2 Å². The van der Waals surface area contributed by atoms with Gasteiger partial charge in [-0.05, 0) is 31.4 Å². The summed E-state index contributed by atoms with van der Waals surface area (Å²) in [5.41, 5.74) is 5.02. The normalized spacial score (nSPS) is 11.8. The van der Waals surface area contributed by atoms with Crippen molar-refractivity contribution in [2.45, 2.75) is 46.1 Å². The number of nitrogen functional groups attached to an aromatic ring is 1. The van der Waals surface area contributed by atoms with Gasteiger partial charge in [-0.25, -0.2) is 4.79 Å². The molecule has 1 aromatic carbocycles. The summed E-state index contributed by atoms with van der Waals surface area (Å²) < 4.78 is 4.89. The standard InChI is InChI=1S/C17H25N3O5/c1-11(2)5-4-6-12(3)19-16(21)10-25-17(22)13-7-8-14(18)15(9-13)20(23)24/h7-9,11-12H,4-6,10,18H2,1-3H3,(H,19,21)/t12-/m1/s1. The first kappa shape index (κ1) is 20.4. The molecule has 1 aromatic rings. The van der Waals surface area contributed by atoms with Gasteiger partial charge in [0.05, 0.1) is 10.5 Å². The Labute approximate surface area is 146 Å². The van der Waals surface area contributed by atoms with Gasteiger partial charge in [0.1, 0.15) is 5.69 Å². The van der Waals surface area contributed by atoms with E-state index in [4.69, 9.17) is 10.5 Å². The first-order chi connectivity index (χ1) is 11.7. The van der Waals surface area contributed by atoms with Crippen LogP contribution in [-0.2, 0) is 9.53 Å². The van der Waals surface area contributed by atoms with Gasteiger partial charge in [0.2, 0.25) is 0 Å². The second kappa shape index (κ2) is 9.61. The quantitative estimate of drug-likeness (QED) is 0.305. The number of nitrogens with zero attached hydrogens (tertiary/aromatic N) is 1. The predicted molar refractivity (Wildman–Crippen MR) is 94.1 cm³/mol. The van der Waals surface area contributed by atoms with Crippen LogP contribution in [0.2, 0.25) is 0 Å². The number of carbonyl (C=O) groups is 2. The van der Waals surface area contributed by atoms with Crippen LogP contribution >= 0.6 is 0 Å². The molecule has 0 bridgehead atoms. The molecule has 1 amide bonds. The summed E-state index contributed by atoms with van der Waals surface area (Å²) in [4.78, 5) is 33.8. The van der Waals surface area contributed by atoms with E-state index in [1.807, 2.05) is 6.92 Å². The van der Waals surface area contributed by atoms with Gasteiger partial charge < -0.3 is 15.8 Å². The van der Waals surface area contributed by atoms with E-state index in [1.165, 1.54) is 12.1 Å². The van der Waals surface area contributed by atoms with Gasteiger partial charge in [-0.15, -0.1) is 0 Å². The maximum Gasteiger partial charge on any atom is 0.338 e. The molecule has 1 rings (SSSR count). The Bertz CT molecular complexity index is 631. The van der Waals surface area contributed by atoms with Gasteiger partial charge in [-0.1, -0.05) is 26.7 Å². The van der Waals surface area contributed by atoms with Crippen LogP contribution in [0.15, 0.2) is 18.2 Å². The van der Waals surface area contributed by atoms with Crippen LogP contribution in [0.25, 0.3) is 0 Å². The number of benzene rings is 1. The number of carbonyl (C=O) groups excluding carboxylic acids is 2. The van der Waals surface area contributed by atoms with E-state index in [-0.39, 0.29) is 23.0 Å². The highest BCUT2D eigenvalue weighted by Gasteiger charge is 2.17. The number of nitrogens with two attached hydrogens (primary N) is 1. The lowest BCUT2D eigenvalue weighted by Gasteiger charge is -2.14. The second-order valence-corrected chi connectivity index (χ2v) is 6.40. The third kappa shape index (κ3) is 7.19. The van der Waals surface area contributed by atoms with Crippen molar-refractivity contribution in [1.29, 1.82) is 0 Å². The Morgan fingerprint density at radius 2 is 1.96 bits per heavy atom. The molecule has 8 heteroatoms. The monoisotopic (exact) mass is 351 g/mol. The molecular formula is C17H25N3O5. The lowest BCUT2D eigenvalue weighted by molar-refractivity contribution is -0.383. The Morgan fingerprint density at radius 1 is 1.28 bits per heavy atom. The third-order valence-corrected chi connectivity index (χ3v) is 3.62. The Morgan fingerprint density at radius 3 is 2.56 bits per heavy atom. The van der Waals surface area contributed by atoms with E-state index < -0.39 is 23.4 Å². The van der Waals surface area contributed by atoms with Crippen molar-refractivity contribution in [2.75, 3.05) is 12.3 Å². The molecule has 1 atom stereocenters. The van der Waals surface area contributed by atoms with E-state index in [1.54, 1.807) is 0 Å². The molecule has 0 saturated carbocycles. The number of nitro groups is 1. The fraction of sp³-hybridized carbons (Fsp3) is 0.529. The minimum atomic E-state index is -0.814. The third-order valence-electron chi connectivity index (χ3n) is 3.62. The topological polar surface area (TPSA) is 125 Å². The van der Waals surface area contributed by atoms with Gasteiger partial charge >= 0.3 is 5.97 Å². The van der Waals surface area contributed by atoms with E-state index in [2.05, 4.69) is 19.2 Å². The van der Waals surface area contributed by atoms with Gasteiger partial charge in [-0.2, -0.15) is 0 Å². The van der Waals surface area contributed by atoms with Crippen molar-refractivity contribution in [3.63, 3.8) is 0 Å². The van der Waals surface area contributed by atoms with E-state index >= 15 is 0 Å². The molecule has 8 nitrogen and oxygen atoms in total. The number of hydrogen-bond acceptors (Lipinski definition) is 6. The van der Waals surface area contributed by atoms with Crippen molar-refractivity contribution in [1.82, 2.24) is 5.32 Å². The van der Waals surface area contributed by atoms with E-state index in [0.29, 0.717) is 5.92 Å². The summed E-state index contributed by atoms with van der Waals surface area (Å²) in [5.74, 6) is -0.603. The molecule has 0 aliphatic heterocycles. The molecule has 0 fully saturated rings. The van der Waals surface area contributed by atoms with Crippen molar-refractivity contribution >= 4 is 23.3 Å². The molecule has 0 aliphatic carbocycles. The molecule has 25 heavy (non-hydrogen) atoms. The molecule has 0 aliphatic rings. The van der Waals surface area contributed by atoms with E-state index in [9.17, 15) is 19.7 Å². The molecule has 0 heterocycles. The van der Waals surface area contributed by atoms with Crippen LogP contribution in [0.5, 0.6) is 0 Å². The highest BCUT2D eigenvalue weighted by Crippen LogP contribution is 2.22. The first-order valence-corrected chi connectivity index (χ1v) is 8.21. The summed E-state index contributed by atoms with van der Waals surface area (Å²) in [6.45, 7) is 5.74. The molecule has 138 valence electrons. The van der Waals surface area contributed by atoms with Gasteiger partial charge in [-0.3, -0.25) is 14.9 Å². The lowest BCUT2D eigenvalue weighted by atomic mass is 10.0. The molecule has 0 unspecified atom stereocenters. The lowest BCUT2D eigenvalue weighted by Crippen LogP contribution is -2.35. The van der Waals surface area contributed by atoms with Crippen molar-refractivity contribution in [2.24, 2.45) is 5.92 Å².